The Bertz CT molecular complexity index is 1180. The third kappa shape index (κ3) is 4.20. The minimum atomic E-state index is 0.0246. The molecule has 2 aromatic carbocycles. The van der Waals surface area contributed by atoms with Crippen molar-refractivity contribution in [1.82, 2.24) is 19.4 Å². The summed E-state index contributed by atoms with van der Waals surface area (Å²) in [6, 6.07) is 22.4. The number of rotatable bonds is 5. The van der Waals surface area contributed by atoms with Gasteiger partial charge in [-0.25, -0.2) is 9.97 Å². The van der Waals surface area contributed by atoms with Crippen LogP contribution < -0.4 is 5.32 Å². The molecule has 0 aliphatic carbocycles. The number of hydrogen-bond acceptors (Lipinski definition) is 4. The van der Waals surface area contributed by atoms with Crippen LogP contribution in [0.4, 0.5) is 5.69 Å². The first-order valence-electron chi connectivity index (χ1n) is 10.7. The number of anilines is 1. The predicted octanol–water partition coefficient (Wildman–Crippen LogP) is 4.37. The van der Waals surface area contributed by atoms with Gasteiger partial charge in [-0.15, -0.1) is 0 Å². The number of hydrogen-bond donors (Lipinski definition) is 1. The topological polar surface area (TPSA) is 63.1 Å². The first-order chi connectivity index (χ1) is 15.3. The summed E-state index contributed by atoms with van der Waals surface area (Å²) in [7, 11) is 0. The van der Waals surface area contributed by atoms with Gasteiger partial charge in [0, 0.05) is 36.6 Å². The highest BCUT2D eigenvalue weighted by Crippen LogP contribution is 2.28. The monoisotopic (exact) mass is 411 g/mol. The predicted molar refractivity (Wildman–Crippen MR) is 123 cm³/mol. The van der Waals surface area contributed by atoms with Crippen LogP contribution in [0.25, 0.3) is 22.3 Å². The molecule has 3 heterocycles. The van der Waals surface area contributed by atoms with E-state index in [2.05, 4.69) is 36.9 Å². The molecule has 6 nitrogen and oxygen atoms in total. The summed E-state index contributed by atoms with van der Waals surface area (Å²) in [6.07, 6.45) is 5.67. The number of nitrogens with zero attached hydrogens (tertiary/aromatic N) is 4. The number of benzene rings is 2. The molecule has 4 aromatic rings. The van der Waals surface area contributed by atoms with Gasteiger partial charge in [0.15, 0.2) is 5.65 Å². The van der Waals surface area contributed by atoms with Crippen LogP contribution in [-0.4, -0.2) is 45.0 Å². The van der Waals surface area contributed by atoms with E-state index in [-0.39, 0.29) is 5.91 Å². The van der Waals surface area contributed by atoms with Crippen LogP contribution in [0.1, 0.15) is 18.9 Å². The van der Waals surface area contributed by atoms with E-state index in [1.54, 1.807) is 0 Å². The Hall–Kier alpha value is -3.51. The molecule has 1 fully saturated rings. The fourth-order valence-electron chi connectivity index (χ4n) is 4.34. The molecule has 0 saturated carbocycles. The number of amides is 1. The van der Waals surface area contributed by atoms with Gasteiger partial charge in [-0.3, -0.25) is 9.69 Å². The molecule has 2 aromatic heterocycles. The van der Waals surface area contributed by atoms with Crippen LogP contribution in [0.5, 0.6) is 0 Å². The average Bonchev–Trinajstić information content (AvgIpc) is 3.25. The van der Waals surface area contributed by atoms with E-state index in [9.17, 15) is 4.79 Å². The minimum Gasteiger partial charge on any atom is -0.324 e. The molecule has 31 heavy (non-hydrogen) atoms. The Morgan fingerprint density at radius 3 is 2.55 bits per heavy atom. The number of aromatic nitrogens is 3. The highest BCUT2D eigenvalue weighted by molar-refractivity contribution is 5.96. The largest absolute Gasteiger partial charge is 0.324 e. The number of pyridine rings is 1. The van der Waals surface area contributed by atoms with Crippen molar-refractivity contribution in [2.75, 3.05) is 25.0 Å². The van der Waals surface area contributed by atoms with Crippen molar-refractivity contribution < 1.29 is 4.79 Å². The molecule has 0 spiro atoms. The zero-order valence-electron chi connectivity index (χ0n) is 17.3. The molecule has 0 unspecified atom stereocenters. The summed E-state index contributed by atoms with van der Waals surface area (Å²) in [5.74, 6) is 0.0246. The maximum atomic E-state index is 12.8. The molecule has 0 bridgehead atoms. The van der Waals surface area contributed by atoms with E-state index in [0.29, 0.717) is 12.6 Å². The third-order valence-electron chi connectivity index (χ3n) is 5.94. The van der Waals surface area contributed by atoms with Gasteiger partial charge in [0.05, 0.1) is 12.9 Å². The van der Waals surface area contributed by atoms with Crippen LogP contribution in [0.15, 0.2) is 79.3 Å². The summed E-state index contributed by atoms with van der Waals surface area (Å²) in [4.78, 5) is 23.9. The summed E-state index contributed by atoms with van der Waals surface area (Å²) in [5.41, 5.74) is 4.86. The lowest BCUT2D eigenvalue weighted by molar-refractivity contribution is -0.117. The maximum absolute atomic E-state index is 12.8. The lowest BCUT2D eigenvalue weighted by atomic mass is 10.0. The van der Waals surface area contributed by atoms with E-state index in [0.717, 1.165) is 53.9 Å². The number of likely N-dealkylation sites (tertiary alicyclic amines) is 1. The van der Waals surface area contributed by atoms with E-state index < -0.39 is 0 Å². The van der Waals surface area contributed by atoms with E-state index in [1.165, 1.54) is 0 Å². The van der Waals surface area contributed by atoms with Crippen LogP contribution >= 0.6 is 0 Å². The average molecular weight is 412 g/mol. The van der Waals surface area contributed by atoms with Gasteiger partial charge in [-0.1, -0.05) is 48.5 Å². The zero-order valence-corrected chi connectivity index (χ0v) is 17.3. The molecule has 156 valence electrons. The smallest absolute Gasteiger partial charge is 0.238 e. The number of carbonyl (C=O) groups excluding carboxylic acids is 1. The van der Waals surface area contributed by atoms with Crippen LogP contribution in [0, 0.1) is 0 Å². The van der Waals surface area contributed by atoms with Crippen LogP contribution in [0.3, 0.4) is 0 Å². The number of nitrogens with one attached hydrogen (secondary N) is 1. The Kier molecular flexibility index (Phi) is 5.46. The number of piperidine rings is 1. The van der Waals surface area contributed by atoms with Crippen molar-refractivity contribution >= 4 is 22.8 Å². The molecule has 1 N–H and O–H groups in total. The zero-order chi connectivity index (χ0) is 21.0. The molecule has 1 aliphatic rings. The van der Waals surface area contributed by atoms with E-state index in [1.807, 2.05) is 67.1 Å². The summed E-state index contributed by atoms with van der Waals surface area (Å²) in [5, 5.41) is 3.11. The van der Waals surface area contributed by atoms with Gasteiger partial charge in [-0.2, -0.15) is 0 Å². The molecule has 0 atom stereocenters. The van der Waals surface area contributed by atoms with E-state index in [4.69, 9.17) is 0 Å². The van der Waals surface area contributed by atoms with Crippen molar-refractivity contribution in [3.05, 3.63) is 79.3 Å². The maximum Gasteiger partial charge on any atom is 0.238 e. The lowest BCUT2D eigenvalue weighted by Crippen LogP contribution is -2.39. The van der Waals surface area contributed by atoms with Crippen LogP contribution in [-0.2, 0) is 4.79 Å². The fourth-order valence-corrected chi connectivity index (χ4v) is 4.34. The molecule has 6 heteroatoms. The minimum absolute atomic E-state index is 0.0246. The van der Waals surface area contributed by atoms with Gasteiger partial charge in [0.25, 0.3) is 0 Å². The number of carbonyl (C=O) groups is 1. The number of imidazole rings is 1. The fraction of sp³-hybridized carbons (Fsp3) is 0.240. The first-order valence-corrected chi connectivity index (χ1v) is 10.7. The highest BCUT2D eigenvalue weighted by atomic mass is 16.2. The number of fused-ring (bicyclic) bond motifs is 1. The second kappa shape index (κ2) is 8.70. The lowest BCUT2D eigenvalue weighted by Gasteiger charge is -2.32. The summed E-state index contributed by atoms with van der Waals surface area (Å²) < 4.78 is 2.18. The Labute approximate surface area is 181 Å². The molecule has 1 aliphatic heterocycles. The standard InChI is InChI=1S/C25H25N5O/c31-24(28-22-10-5-4-9-21(22)19-7-2-1-3-8-19)17-29-15-12-20(13-16-29)30-18-27-23-11-6-14-26-25(23)30/h1-11,14,18,20H,12-13,15-17H2,(H,28,31). The summed E-state index contributed by atoms with van der Waals surface area (Å²) in [6.45, 7) is 2.16. The summed E-state index contributed by atoms with van der Waals surface area (Å²) >= 11 is 0. The highest BCUT2D eigenvalue weighted by Gasteiger charge is 2.23. The van der Waals surface area contributed by atoms with Gasteiger partial charge < -0.3 is 9.88 Å². The van der Waals surface area contributed by atoms with Crippen molar-refractivity contribution in [3.8, 4) is 11.1 Å². The Morgan fingerprint density at radius 2 is 1.71 bits per heavy atom. The molecule has 1 saturated heterocycles. The van der Waals surface area contributed by atoms with Gasteiger partial charge in [-0.05, 0) is 36.6 Å². The van der Waals surface area contributed by atoms with Gasteiger partial charge in [0.2, 0.25) is 5.91 Å². The molecule has 1 amide bonds. The molecule has 0 radical (unpaired) electrons. The number of para-hydroxylation sites is 1. The first kappa shape index (κ1) is 19.5. The third-order valence-corrected chi connectivity index (χ3v) is 5.94. The van der Waals surface area contributed by atoms with Crippen molar-refractivity contribution in [2.45, 2.75) is 18.9 Å². The van der Waals surface area contributed by atoms with Gasteiger partial charge >= 0.3 is 0 Å². The molecular formula is C25H25N5O. The van der Waals surface area contributed by atoms with E-state index >= 15 is 0 Å². The normalized spacial score (nSPS) is 15.2. The Balaban J connectivity index is 1.20. The molecule has 5 rings (SSSR count). The molecular weight excluding hydrogens is 386 g/mol. The Morgan fingerprint density at radius 1 is 0.935 bits per heavy atom. The second-order valence-electron chi connectivity index (χ2n) is 7.97. The van der Waals surface area contributed by atoms with Crippen molar-refractivity contribution in [2.24, 2.45) is 0 Å². The van der Waals surface area contributed by atoms with Crippen molar-refractivity contribution in [3.63, 3.8) is 0 Å². The van der Waals surface area contributed by atoms with Crippen LogP contribution in [0.2, 0.25) is 0 Å². The second-order valence-corrected chi connectivity index (χ2v) is 7.97. The SMILES string of the molecule is O=C(CN1CCC(n2cnc3cccnc32)CC1)Nc1ccccc1-c1ccccc1. The van der Waals surface area contributed by atoms with Gasteiger partial charge in [0.1, 0.15) is 5.52 Å². The van der Waals surface area contributed by atoms with Crippen molar-refractivity contribution in [1.29, 1.82) is 0 Å². The quantitative estimate of drug-likeness (QED) is 0.530.